The van der Waals surface area contributed by atoms with Gasteiger partial charge < -0.3 is 4.74 Å². The van der Waals surface area contributed by atoms with Crippen molar-refractivity contribution in [3.63, 3.8) is 0 Å². The van der Waals surface area contributed by atoms with Gasteiger partial charge in [-0.25, -0.2) is 13.1 Å². The van der Waals surface area contributed by atoms with Crippen LogP contribution in [0.25, 0.3) is 0 Å². The highest BCUT2D eigenvalue weighted by Crippen LogP contribution is 2.20. The molecule has 26 heavy (non-hydrogen) atoms. The monoisotopic (exact) mass is 374 g/mol. The highest BCUT2D eigenvalue weighted by molar-refractivity contribution is 7.89. The topological polar surface area (TPSA) is 58.6 Å². The molecule has 0 spiro atoms. The standard InChI is InChI=1S/C20H26N2O3S/c1-25-19-8-5-9-20(14-19)26(23,24)21-15-17-10-12-22(13-11-17)16-18-6-3-2-4-7-18/h2-9,14,17,21H,10-13,15-16H2,1H3. The SMILES string of the molecule is COc1cccc(S(=O)(=O)NCC2CCN(Cc3ccccc3)CC2)c1. The van der Waals surface area contributed by atoms with Gasteiger partial charge in [-0.1, -0.05) is 36.4 Å². The number of sulfonamides is 1. The van der Waals surface area contributed by atoms with Crippen LogP contribution in [0.3, 0.4) is 0 Å². The third-order valence-corrected chi connectivity index (χ3v) is 6.29. The van der Waals surface area contributed by atoms with Crippen molar-refractivity contribution in [3.8, 4) is 5.75 Å². The van der Waals surface area contributed by atoms with Crippen LogP contribution in [-0.2, 0) is 16.6 Å². The van der Waals surface area contributed by atoms with E-state index in [0.717, 1.165) is 32.5 Å². The molecule has 5 nitrogen and oxygen atoms in total. The molecule has 0 bridgehead atoms. The molecule has 0 radical (unpaired) electrons. The van der Waals surface area contributed by atoms with E-state index < -0.39 is 10.0 Å². The lowest BCUT2D eigenvalue weighted by Crippen LogP contribution is -2.38. The summed E-state index contributed by atoms with van der Waals surface area (Å²) in [6, 6.07) is 17.0. The molecule has 0 saturated carbocycles. The van der Waals surface area contributed by atoms with Gasteiger partial charge in [0.1, 0.15) is 5.75 Å². The smallest absolute Gasteiger partial charge is 0.240 e. The van der Waals surface area contributed by atoms with E-state index in [-0.39, 0.29) is 4.90 Å². The third-order valence-electron chi connectivity index (χ3n) is 4.87. The van der Waals surface area contributed by atoms with E-state index >= 15 is 0 Å². The Morgan fingerprint density at radius 3 is 2.50 bits per heavy atom. The number of piperidine rings is 1. The first kappa shape index (κ1) is 18.9. The molecule has 2 aromatic carbocycles. The number of likely N-dealkylation sites (tertiary alicyclic amines) is 1. The van der Waals surface area contributed by atoms with E-state index in [2.05, 4.69) is 33.9 Å². The largest absolute Gasteiger partial charge is 0.497 e. The summed E-state index contributed by atoms with van der Waals surface area (Å²) in [6.07, 6.45) is 2.01. The molecule has 1 saturated heterocycles. The molecular weight excluding hydrogens is 348 g/mol. The van der Waals surface area contributed by atoms with Crippen LogP contribution in [0, 0.1) is 5.92 Å². The van der Waals surface area contributed by atoms with E-state index in [0.29, 0.717) is 18.2 Å². The fourth-order valence-electron chi connectivity index (χ4n) is 3.27. The summed E-state index contributed by atoms with van der Waals surface area (Å²) < 4.78 is 32.8. The molecule has 1 N–H and O–H groups in total. The summed E-state index contributed by atoms with van der Waals surface area (Å²) in [5.41, 5.74) is 1.32. The van der Waals surface area contributed by atoms with E-state index in [1.165, 1.54) is 12.7 Å². The molecule has 1 aliphatic heterocycles. The van der Waals surface area contributed by atoms with Gasteiger partial charge in [0.15, 0.2) is 0 Å². The van der Waals surface area contributed by atoms with Gasteiger partial charge in [0, 0.05) is 19.2 Å². The van der Waals surface area contributed by atoms with Gasteiger partial charge >= 0.3 is 0 Å². The van der Waals surface area contributed by atoms with Crippen molar-refractivity contribution < 1.29 is 13.2 Å². The van der Waals surface area contributed by atoms with Crippen LogP contribution in [0.5, 0.6) is 5.75 Å². The zero-order valence-electron chi connectivity index (χ0n) is 15.1. The van der Waals surface area contributed by atoms with Crippen LogP contribution < -0.4 is 9.46 Å². The fraction of sp³-hybridized carbons (Fsp3) is 0.400. The molecule has 3 rings (SSSR count). The van der Waals surface area contributed by atoms with Crippen molar-refractivity contribution in [1.29, 1.82) is 0 Å². The normalized spacial score (nSPS) is 16.5. The number of nitrogens with one attached hydrogen (secondary N) is 1. The molecule has 0 unspecified atom stereocenters. The highest BCUT2D eigenvalue weighted by Gasteiger charge is 2.22. The Morgan fingerprint density at radius 1 is 1.08 bits per heavy atom. The Labute approximate surface area is 156 Å². The minimum atomic E-state index is -3.50. The average Bonchev–Trinajstić information content (AvgIpc) is 2.68. The van der Waals surface area contributed by atoms with Gasteiger partial charge in [0.2, 0.25) is 10.0 Å². The Bertz CT molecular complexity index is 801. The molecule has 0 aromatic heterocycles. The maximum Gasteiger partial charge on any atom is 0.240 e. The van der Waals surface area contributed by atoms with Crippen LogP contribution in [0.2, 0.25) is 0 Å². The lowest BCUT2D eigenvalue weighted by Gasteiger charge is -2.32. The quantitative estimate of drug-likeness (QED) is 0.810. The second kappa shape index (κ2) is 8.66. The van der Waals surface area contributed by atoms with Gasteiger partial charge in [0.05, 0.1) is 12.0 Å². The fourth-order valence-corrected chi connectivity index (χ4v) is 4.42. The molecule has 6 heteroatoms. The second-order valence-electron chi connectivity index (χ2n) is 6.74. The molecule has 0 amide bonds. The molecule has 1 heterocycles. The van der Waals surface area contributed by atoms with Crippen molar-refractivity contribution in [3.05, 3.63) is 60.2 Å². The third kappa shape index (κ3) is 5.06. The van der Waals surface area contributed by atoms with Gasteiger partial charge in [-0.15, -0.1) is 0 Å². The molecule has 2 aromatic rings. The van der Waals surface area contributed by atoms with Crippen LogP contribution in [0.4, 0.5) is 0 Å². The lowest BCUT2D eigenvalue weighted by molar-refractivity contribution is 0.178. The highest BCUT2D eigenvalue weighted by atomic mass is 32.2. The molecule has 1 fully saturated rings. The Hall–Kier alpha value is -1.89. The summed E-state index contributed by atoms with van der Waals surface area (Å²) in [4.78, 5) is 2.68. The predicted molar refractivity (Wildman–Crippen MR) is 103 cm³/mol. The molecular formula is C20H26N2O3S. The first-order valence-corrected chi connectivity index (χ1v) is 10.4. The number of rotatable bonds is 7. The zero-order chi connectivity index (χ0) is 18.4. The van der Waals surface area contributed by atoms with Gasteiger partial charge in [-0.3, -0.25) is 4.90 Å². The van der Waals surface area contributed by atoms with Crippen molar-refractivity contribution in [2.24, 2.45) is 5.92 Å². The number of hydrogen-bond donors (Lipinski definition) is 1. The van der Waals surface area contributed by atoms with Crippen LogP contribution in [0.1, 0.15) is 18.4 Å². The molecule has 140 valence electrons. The minimum Gasteiger partial charge on any atom is -0.497 e. The summed E-state index contributed by atoms with van der Waals surface area (Å²) >= 11 is 0. The van der Waals surface area contributed by atoms with Crippen LogP contribution in [-0.4, -0.2) is 40.1 Å². The minimum absolute atomic E-state index is 0.248. The van der Waals surface area contributed by atoms with Crippen molar-refractivity contribution in [1.82, 2.24) is 9.62 Å². The summed E-state index contributed by atoms with van der Waals surface area (Å²) in [6.45, 7) is 3.45. The van der Waals surface area contributed by atoms with Gasteiger partial charge in [-0.05, 0) is 49.5 Å². The van der Waals surface area contributed by atoms with Gasteiger partial charge in [0.25, 0.3) is 0 Å². The maximum absolute atomic E-state index is 12.5. The lowest BCUT2D eigenvalue weighted by atomic mass is 9.97. The summed E-state index contributed by atoms with van der Waals surface area (Å²) in [7, 11) is -1.97. The van der Waals surface area contributed by atoms with Crippen LogP contribution in [0.15, 0.2) is 59.5 Å². The van der Waals surface area contributed by atoms with Crippen molar-refractivity contribution in [2.45, 2.75) is 24.3 Å². The van der Waals surface area contributed by atoms with Gasteiger partial charge in [-0.2, -0.15) is 0 Å². The van der Waals surface area contributed by atoms with E-state index in [4.69, 9.17) is 4.74 Å². The Balaban J connectivity index is 1.48. The van der Waals surface area contributed by atoms with Crippen LogP contribution >= 0.6 is 0 Å². The van der Waals surface area contributed by atoms with Crippen molar-refractivity contribution >= 4 is 10.0 Å². The zero-order valence-corrected chi connectivity index (χ0v) is 15.9. The summed E-state index contributed by atoms with van der Waals surface area (Å²) in [5.74, 6) is 0.921. The molecule has 1 aliphatic rings. The number of benzene rings is 2. The van der Waals surface area contributed by atoms with E-state index in [1.807, 2.05) is 6.07 Å². The number of nitrogens with zero attached hydrogens (tertiary/aromatic N) is 1. The first-order chi connectivity index (χ1) is 12.6. The molecule has 0 atom stereocenters. The first-order valence-electron chi connectivity index (χ1n) is 8.97. The number of hydrogen-bond acceptors (Lipinski definition) is 4. The predicted octanol–water partition coefficient (Wildman–Crippen LogP) is 2.89. The van der Waals surface area contributed by atoms with E-state index in [9.17, 15) is 8.42 Å². The number of ether oxygens (including phenoxy) is 1. The average molecular weight is 375 g/mol. The molecule has 0 aliphatic carbocycles. The Kier molecular flexibility index (Phi) is 6.29. The second-order valence-corrected chi connectivity index (χ2v) is 8.50. The Morgan fingerprint density at radius 2 is 1.81 bits per heavy atom. The number of methoxy groups -OCH3 is 1. The summed E-state index contributed by atoms with van der Waals surface area (Å²) in [5, 5.41) is 0. The van der Waals surface area contributed by atoms with Crippen molar-refractivity contribution in [2.75, 3.05) is 26.7 Å². The maximum atomic E-state index is 12.5. The van der Waals surface area contributed by atoms with E-state index in [1.54, 1.807) is 24.3 Å².